The zero-order chi connectivity index (χ0) is 55.2. The third kappa shape index (κ3) is 17.3. The third-order valence-corrected chi connectivity index (χ3v) is 12.5. The Morgan fingerprint density at radius 1 is 0.462 bits per heavy atom. The second-order valence-corrected chi connectivity index (χ2v) is 18.2. The van der Waals surface area contributed by atoms with Crippen LogP contribution in [-0.2, 0) is 47.6 Å². The lowest BCUT2D eigenvalue weighted by atomic mass is 9.75. The van der Waals surface area contributed by atoms with Gasteiger partial charge in [0.05, 0.1) is 61.6 Å². The monoisotopic (exact) mass is 1080 g/mol. The summed E-state index contributed by atoms with van der Waals surface area (Å²) in [5.41, 5.74) is -0.0724. The molecule has 2 aliphatic heterocycles. The van der Waals surface area contributed by atoms with E-state index in [2.05, 4.69) is 13.2 Å². The van der Waals surface area contributed by atoms with Crippen molar-refractivity contribution < 1.29 is 95.2 Å². The smallest absolute Gasteiger partial charge is 0.343 e. The van der Waals surface area contributed by atoms with Crippen molar-refractivity contribution in [2.24, 2.45) is 11.8 Å². The Labute approximate surface area is 449 Å². The molecule has 4 aromatic carbocycles. The van der Waals surface area contributed by atoms with Gasteiger partial charge in [-0.25, -0.2) is 28.8 Å². The van der Waals surface area contributed by atoms with Crippen molar-refractivity contribution in [2.45, 2.75) is 76.4 Å². The van der Waals surface area contributed by atoms with Crippen LogP contribution >= 0.6 is 0 Å². The standard InChI is InChI=1S/C58H60O20/c1-3-51(59)71-27-7-5-25-67-41-17-13-37(14-18-41)53(61)77-49-23-21-43(33-47(49)57(65)73-35-45-11-9-29-69-45)75-55(63)39-31-40(32-39)56(64)76-44-22-24-50(48(34-44)58(66)74-36-46-12-10-30-70-46)78-54(62)38-15-19-42(20-16-38)68-26-6-8-28-72-52(60)4-2/h3-4,13-24,33-34,39-40,45-46H,1-2,5-12,25-32,35-36H2. The number of carbonyl (C=O) groups excluding carboxylic acids is 8. The second kappa shape index (κ2) is 29.2. The summed E-state index contributed by atoms with van der Waals surface area (Å²) >= 11 is 0. The van der Waals surface area contributed by atoms with E-state index in [9.17, 15) is 38.4 Å². The lowest BCUT2D eigenvalue weighted by Gasteiger charge is -2.31. The van der Waals surface area contributed by atoms with Crippen LogP contribution in [0.5, 0.6) is 34.5 Å². The summed E-state index contributed by atoms with van der Waals surface area (Å²) in [7, 11) is 0. The van der Waals surface area contributed by atoms with Crippen LogP contribution in [0.25, 0.3) is 0 Å². The van der Waals surface area contributed by atoms with Crippen molar-refractivity contribution in [3.05, 3.63) is 132 Å². The second-order valence-electron chi connectivity index (χ2n) is 18.2. The molecule has 7 rings (SSSR count). The molecule has 2 unspecified atom stereocenters. The van der Waals surface area contributed by atoms with Gasteiger partial charge in [0, 0.05) is 25.4 Å². The number of rotatable bonds is 28. The molecule has 412 valence electrons. The van der Waals surface area contributed by atoms with Crippen LogP contribution in [-0.4, -0.2) is 113 Å². The Kier molecular flexibility index (Phi) is 21.5. The van der Waals surface area contributed by atoms with Crippen LogP contribution in [0.3, 0.4) is 0 Å². The van der Waals surface area contributed by atoms with Gasteiger partial charge in [0.1, 0.15) is 58.8 Å². The normalized spacial score (nSPS) is 17.2. The topological polar surface area (TPSA) is 247 Å². The van der Waals surface area contributed by atoms with E-state index in [1.54, 1.807) is 24.3 Å². The Hall–Kier alpha value is -8.36. The fourth-order valence-corrected chi connectivity index (χ4v) is 8.03. The summed E-state index contributed by atoms with van der Waals surface area (Å²) in [6, 6.07) is 20.1. The first-order valence-corrected chi connectivity index (χ1v) is 25.6. The zero-order valence-corrected chi connectivity index (χ0v) is 42.9. The van der Waals surface area contributed by atoms with E-state index >= 15 is 0 Å². The summed E-state index contributed by atoms with van der Waals surface area (Å²) in [6.45, 7) is 8.82. The quantitative estimate of drug-likeness (QED) is 0.0171. The van der Waals surface area contributed by atoms with Gasteiger partial charge in [-0.2, -0.15) is 0 Å². The maximum atomic E-state index is 13.5. The molecular weight excluding hydrogens is 1020 g/mol. The van der Waals surface area contributed by atoms with Crippen molar-refractivity contribution in [1.29, 1.82) is 0 Å². The molecule has 2 atom stereocenters. The predicted octanol–water partition coefficient (Wildman–Crippen LogP) is 8.11. The molecular formula is C58H60O20. The molecule has 20 heteroatoms. The Morgan fingerprint density at radius 2 is 0.846 bits per heavy atom. The summed E-state index contributed by atoms with van der Waals surface area (Å²) in [5.74, 6) is -6.52. The molecule has 2 saturated heterocycles. The number of esters is 8. The maximum Gasteiger partial charge on any atom is 0.343 e. The van der Waals surface area contributed by atoms with Gasteiger partial charge in [0.2, 0.25) is 0 Å². The lowest BCUT2D eigenvalue weighted by Crippen LogP contribution is -2.39. The van der Waals surface area contributed by atoms with Gasteiger partial charge < -0.3 is 56.8 Å². The third-order valence-electron chi connectivity index (χ3n) is 12.5. The number of ether oxygens (including phenoxy) is 12. The van der Waals surface area contributed by atoms with E-state index in [-0.39, 0.29) is 96.7 Å². The highest BCUT2D eigenvalue weighted by Crippen LogP contribution is 2.38. The molecule has 0 aromatic heterocycles. The first kappa shape index (κ1) is 57.3. The van der Waals surface area contributed by atoms with E-state index in [4.69, 9.17) is 56.8 Å². The molecule has 0 spiro atoms. The molecule has 3 fully saturated rings. The minimum absolute atomic E-state index is 0.0463. The van der Waals surface area contributed by atoms with Crippen LogP contribution in [0, 0.1) is 11.8 Å². The van der Waals surface area contributed by atoms with Crippen molar-refractivity contribution in [3.63, 3.8) is 0 Å². The van der Waals surface area contributed by atoms with Gasteiger partial charge in [0.15, 0.2) is 0 Å². The van der Waals surface area contributed by atoms with Gasteiger partial charge in [0.25, 0.3) is 0 Å². The van der Waals surface area contributed by atoms with Crippen LogP contribution < -0.4 is 28.4 Å². The fourth-order valence-electron chi connectivity index (χ4n) is 8.03. The molecule has 20 nitrogen and oxygen atoms in total. The summed E-state index contributed by atoms with van der Waals surface area (Å²) in [4.78, 5) is 103. The van der Waals surface area contributed by atoms with Crippen molar-refractivity contribution in [1.82, 2.24) is 0 Å². The highest BCUT2D eigenvalue weighted by Gasteiger charge is 2.41. The average Bonchev–Trinajstić information content (AvgIpc) is 4.19. The average molecular weight is 1080 g/mol. The number of unbranched alkanes of at least 4 members (excludes halogenated alkanes) is 2. The van der Waals surface area contributed by atoms with E-state index in [1.807, 2.05) is 0 Å². The predicted molar refractivity (Wildman–Crippen MR) is 273 cm³/mol. The molecule has 0 bridgehead atoms. The molecule has 0 N–H and O–H groups in total. The molecule has 0 radical (unpaired) electrons. The summed E-state index contributed by atoms with van der Waals surface area (Å²) in [5, 5.41) is 0. The van der Waals surface area contributed by atoms with Crippen molar-refractivity contribution in [3.8, 4) is 34.5 Å². The van der Waals surface area contributed by atoms with Gasteiger partial charge in [-0.3, -0.25) is 9.59 Å². The highest BCUT2D eigenvalue weighted by atomic mass is 16.6. The van der Waals surface area contributed by atoms with E-state index in [0.717, 1.165) is 25.0 Å². The molecule has 3 aliphatic rings. The first-order chi connectivity index (χ1) is 37.8. The summed E-state index contributed by atoms with van der Waals surface area (Å²) < 4.78 is 66.2. The fraction of sp³-hybridized carbons (Fsp3) is 0.379. The lowest BCUT2D eigenvalue weighted by molar-refractivity contribution is -0.151. The Morgan fingerprint density at radius 3 is 1.22 bits per heavy atom. The van der Waals surface area contributed by atoms with E-state index in [0.29, 0.717) is 76.5 Å². The number of hydrogen-bond donors (Lipinski definition) is 0. The van der Waals surface area contributed by atoms with Crippen LogP contribution in [0.2, 0.25) is 0 Å². The van der Waals surface area contributed by atoms with Crippen molar-refractivity contribution >= 4 is 47.8 Å². The molecule has 1 saturated carbocycles. The number of benzene rings is 4. The van der Waals surface area contributed by atoms with Crippen LogP contribution in [0.4, 0.5) is 0 Å². The SMILES string of the molecule is C=CC(=O)OCCCCOc1ccc(C(=O)Oc2ccc(OC(=O)C3CC(C(=O)Oc4ccc(OC(=O)c5ccc(OCCCCOC(=O)C=C)cc5)c(C(=O)OCC5CCCO5)c4)C3)cc2C(=O)OCC2CCCO2)cc1. The van der Waals surface area contributed by atoms with E-state index in [1.165, 1.54) is 60.7 Å². The molecule has 1 aliphatic carbocycles. The molecule has 4 aromatic rings. The van der Waals surface area contributed by atoms with E-state index < -0.39 is 59.6 Å². The maximum absolute atomic E-state index is 13.5. The first-order valence-electron chi connectivity index (χ1n) is 25.6. The zero-order valence-electron chi connectivity index (χ0n) is 42.9. The highest BCUT2D eigenvalue weighted by molar-refractivity contribution is 5.98. The van der Waals surface area contributed by atoms with Gasteiger partial charge >= 0.3 is 47.8 Å². The minimum atomic E-state index is -0.848. The number of hydrogen-bond acceptors (Lipinski definition) is 20. The Bertz CT molecular complexity index is 2580. The summed E-state index contributed by atoms with van der Waals surface area (Å²) in [6.07, 6.45) is 7.11. The Balaban J connectivity index is 0.930. The molecule has 2 heterocycles. The number of carbonyl (C=O) groups is 8. The van der Waals surface area contributed by atoms with Gasteiger partial charge in [-0.15, -0.1) is 0 Å². The largest absolute Gasteiger partial charge is 0.494 e. The molecule has 78 heavy (non-hydrogen) atoms. The van der Waals surface area contributed by atoms with Gasteiger partial charge in [-0.05, 0) is 149 Å². The molecule has 0 amide bonds. The minimum Gasteiger partial charge on any atom is -0.494 e. The van der Waals surface area contributed by atoms with Crippen LogP contribution in [0.15, 0.2) is 110 Å². The van der Waals surface area contributed by atoms with Gasteiger partial charge in [-0.1, -0.05) is 13.2 Å². The van der Waals surface area contributed by atoms with Crippen LogP contribution in [0.1, 0.15) is 106 Å². The van der Waals surface area contributed by atoms with Crippen molar-refractivity contribution in [2.75, 3.05) is 52.9 Å².